The number of benzene rings is 2. The molecule has 0 fully saturated rings. The molecule has 4 nitrogen and oxygen atoms in total. The third-order valence-corrected chi connectivity index (χ3v) is 3.22. The minimum absolute atomic E-state index is 0.310. The predicted molar refractivity (Wildman–Crippen MR) is 76.5 cm³/mol. The van der Waals surface area contributed by atoms with Gasteiger partial charge in [0.25, 0.3) is 5.91 Å². The molecule has 2 aromatic carbocycles. The van der Waals surface area contributed by atoms with Crippen LogP contribution >= 0.6 is 0 Å². The molecule has 5 heteroatoms. The highest BCUT2D eigenvalue weighted by molar-refractivity contribution is 6.05. The Balaban J connectivity index is 1.87. The number of fused-ring (bicyclic) bond motifs is 1. The van der Waals surface area contributed by atoms with Gasteiger partial charge in [-0.1, -0.05) is 6.07 Å². The zero-order valence-electron chi connectivity index (χ0n) is 11.5. The Morgan fingerprint density at radius 2 is 1.86 bits per heavy atom. The summed E-state index contributed by atoms with van der Waals surface area (Å²) in [5.41, 5.74) is 1.66. The van der Waals surface area contributed by atoms with Crippen molar-refractivity contribution >= 4 is 11.6 Å². The lowest BCUT2D eigenvalue weighted by molar-refractivity contribution is 0.102. The quantitative estimate of drug-likeness (QED) is 0.923. The largest absolute Gasteiger partial charge is 0.486 e. The van der Waals surface area contributed by atoms with Crippen LogP contribution in [0.25, 0.3) is 0 Å². The van der Waals surface area contributed by atoms with E-state index in [9.17, 15) is 9.18 Å². The van der Waals surface area contributed by atoms with E-state index in [1.54, 1.807) is 24.3 Å². The molecule has 0 saturated heterocycles. The predicted octanol–water partition coefficient (Wildman–Crippen LogP) is 3.16. The molecule has 1 aliphatic heterocycles. The van der Waals surface area contributed by atoms with E-state index in [0.717, 1.165) is 5.56 Å². The molecule has 0 atom stereocenters. The number of anilines is 1. The fourth-order valence-corrected chi connectivity index (χ4v) is 2.20. The topological polar surface area (TPSA) is 47.6 Å². The summed E-state index contributed by atoms with van der Waals surface area (Å²) in [4.78, 5) is 12.3. The van der Waals surface area contributed by atoms with E-state index >= 15 is 0 Å². The summed E-state index contributed by atoms with van der Waals surface area (Å²) in [6, 6.07) is 9.19. The van der Waals surface area contributed by atoms with Crippen molar-refractivity contribution in [3.63, 3.8) is 0 Å². The molecule has 0 bridgehead atoms. The molecule has 2 aromatic rings. The molecule has 1 amide bonds. The number of carbonyl (C=O) groups excluding carboxylic acids is 1. The fourth-order valence-electron chi connectivity index (χ4n) is 2.20. The summed E-state index contributed by atoms with van der Waals surface area (Å²) in [7, 11) is 0. The first-order valence-electron chi connectivity index (χ1n) is 6.60. The maximum atomic E-state index is 13.1. The van der Waals surface area contributed by atoms with Crippen LogP contribution in [0.15, 0.2) is 36.4 Å². The maximum Gasteiger partial charge on any atom is 0.256 e. The Kier molecular flexibility index (Phi) is 3.48. The number of rotatable bonds is 2. The number of aryl methyl sites for hydroxylation is 1. The molecule has 0 radical (unpaired) electrons. The zero-order chi connectivity index (χ0) is 14.8. The van der Waals surface area contributed by atoms with E-state index in [4.69, 9.17) is 9.47 Å². The van der Waals surface area contributed by atoms with Crippen LogP contribution in [-0.2, 0) is 0 Å². The SMILES string of the molecule is Cc1cc2c(cc1C(=O)Nc1cccc(F)c1)OCCO2. The molecule has 3 rings (SSSR count). The zero-order valence-corrected chi connectivity index (χ0v) is 11.5. The van der Waals surface area contributed by atoms with Gasteiger partial charge >= 0.3 is 0 Å². The van der Waals surface area contributed by atoms with Crippen LogP contribution in [-0.4, -0.2) is 19.1 Å². The standard InChI is InChI=1S/C16H14FNO3/c1-10-7-14-15(21-6-5-20-14)9-13(10)16(19)18-12-4-2-3-11(17)8-12/h2-4,7-9H,5-6H2,1H3,(H,18,19). The van der Waals surface area contributed by atoms with E-state index in [1.165, 1.54) is 12.1 Å². The number of hydrogen-bond donors (Lipinski definition) is 1. The molecule has 0 unspecified atom stereocenters. The van der Waals surface area contributed by atoms with Crippen LogP contribution < -0.4 is 14.8 Å². The molecule has 0 aliphatic carbocycles. The van der Waals surface area contributed by atoms with Gasteiger partial charge in [0.2, 0.25) is 0 Å². The maximum absolute atomic E-state index is 13.1. The fraction of sp³-hybridized carbons (Fsp3) is 0.188. The van der Waals surface area contributed by atoms with Crippen molar-refractivity contribution in [1.82, 2.24) is 0 Å². The molecule has 21 heavy (non-hydrogen) atoms. The van der Waals surface area contributed by atoms with Gasteiger partial charge in [0, 0.05) is 11.3 Å². The van der Waals surface area contributed by atoms with Gasteiger partial charge in [-0.2, -0.15) is 0 Å². The Morgan fingerprint density at radius 1 is 1.14 bits per heavy atom. The number of carbonyl (C=O) groups is 1. The molecule has 108 valence electrons. The van der Waals surface area contributed by atoms with Gasteiger partial charge in [0.1, 0.15) is 19.0 Å². The summed E-state index contributed by atoms with van der Waals surface area (Å²) in [6.07, 6.45) is 0. The van der Waals surface area contributed by atoms with Crippen LogP contribution in [0.4, 0.5) is 10.1 Å². The second-order valence-electron chi connectivity index (χ2n) is 4.78. The van der Waals surface area contributed by atoms with E-state index in [2.05, 4.69) is 5.32 Å². The van der Waals surface area contributed by atoms with Gasteiger partial charge in [-0.3, -0.25) is 4.79 Å². The summed E-state index contributed by atoms with van der Waals surface area (Å²) in [5, 5.41) is 2.67. The molecule has 0 spiro atoms. The first-order valence-corrected chi connectivity index (χ1v) is 6.60. The Bertz CT molecular complexity index is 700. The second-order valence-corrected chi connectivity index (χ2v) is 4.78. The number of amides is 1. The lowest BCUT2D eigenvalue weighted by Gasteiger charge is -2.20. The highest BCUT2D eigenvalue weighted by Gasteiger charge is 2.18. The number of hydrogen-bond acceptors (Lipinski definition) is 3. The third-order valence-electron chi connectivity index (χ3n) is 3.22. The minimum Gasteiger partial charge on any atom is -0.486 e. The first-order chi connectivity index (χ1) is 10.1. The summed E-state index contributed by atoms with van der Waals surface area (Å²) < 4.78 is 24.1. The molecular weight excluding hydrogens is 273 g/mol. The van der Waals surface area contributed by atoms with Crippen molar-refractivity contribution in [2.24, 2.45) is 0 Å². The van der Waals surface area contributed by atoms with E-state index in [0.29, 0.717) is 36.0 Å². The van der Waals surface area contributed by atoms with Crippen LogP contribution in [0.5, 0.6) is 11.5 Å². The van der Waals surface area contributed by atoms with Gasteiger partial charge in [-0.25, -0.2) is 4.39 Å². The number of ether oxygens (including phenoxy) is 2. The first kappa shape index (κ1) is 13.4. The van der Waals surface area contributed by atoms with Crippen LogP contribution in [0.2, 0.25) is 0 Å². The average Bonchev–Trinajstić information content (AvgIpc) is 2.46. The van der Waals surface area contributed by atoms with Crippen molar-refractivity contribution in [2.45, 2.75) is 6.92 Å². The van der Waals surface area contributed by atoms with Crippen LogP contribution in [0.1, 0.15) is 15.9 Å². The van der Waals surface area contributed by atoms with Crippen molar-refractivity contribution in [3.05, 3.63) is 53.3 Å². The smallest absolute Gasteiger partial charge is 0.256 e. The number of halogens is 1. The second kappa shape index (κ2) is 5.44. The molecule has 0 saturated carbocycles. The number of nitrogens with one attached hydrogen (secondary N) is 1. The van der Waals surface area contributed by atoms with Gasteiger partial charge in [-0.05, 0) is 42.8 Å². The van der Waals surface area contributed by atoms with Gasteiger partial charge < -0.3 is 14.8 Å². The van der Waals surface area contributed by atoms with Crippen LogP contribution in [0.3, 0.4) is 0 Å². The monoisotopic (exact) mass is 287 g/mol. The summed E-state index contributed by atoms with van der Waals surface area (Å²) in [5.74, 6) is 0.485. The molecule has 0 aromatic heterocycles. The summed E-state index contributed by atoms with van der Waals surface area (Å²) >= 11 is 0. The van der Waals surface area contributed by atoms with Crippen LogP contribution in [0, 0.1) is 12.7 Å². The van der Waals surface area contributed by atoms with Crippen molar-refractivity contribution in [2.75, 3.05) is 18.5 Å². The van der Waals surface area contributed by atoms with E-state index in [-0.39, 0.29) is 5.91 Å². The van der Waals surface area contributed by atoms with Gasteiger partial charge in [0.05, 0.1) is 0 Å². The van der Waals surface area contributed by atoms with Crippen molar-refractivity contribution in [1.29, 1.82) is 0 Å². The third kappa shape index (κ3) is 2.81. The molecule has 1 aliphatic rings. The lowest BCUT2D eigenvalue weighted by atomic mass is 10.1. The molecular formula is C16H14FNO3. The molecule has 1 heterocycles. The average molecular weight is 287 g/mol. The lowest BCUT2D eigenvalue weighted by Crippen LogP contribution is -2.18. The highest BCUT2D eigenvalue weighted by atomic mass is 19.1. The van der Waals surface area contributed by atoms with Gasteiger partial charge in [0.15, 0.2) is 11.5 Å². The van der Waals surface area contributed by atoms with E-state index < -0.39 is 5.82 Å². The Morgan fingerprint density at radius 3 is 2.57 bits per heavy atom. The minimum atomic E-state index is -0.397. The van der Waals surface area contributed by atoms with Crippen molar-refractivity contribution in [3.8, 4) is 11.5 Å². The van der Waals surface area contributed by atoms with E-state index in [1.807, 2.05) is 6.92 Å². The Hall–Kier alpha value is -2.56. The summed E-state index contributed by atoms with van der Waals surface area (Å²) in [6.45, 7) is 2.78. The molecule has 1 N–H and O–H groups in total. The van der Waals surface area contributed by atoms with Gasteiger partial charge in [-0.15, -0.1) is 0 Å². The normalized spacial score (nSPS) is 12.9. The Labute approximate surface area is 121 Å². The highest BCUT2D eigenvalue weighted by Crippen LogP contribution is 2.33. The van der Waals surface area contributed by atoms with Crippen molar-refractivity contribution < 1.29 is 18.7 Å².